The summed E-state index contributed by atoms with van der Waals surface area (Å²) in [5, 5.41) is 0. The van der Waals surface area contributed by atoms with Gasteiger partial charge in [-0.3, -0.25) is 9.69 Å². The maximum Gasteiger partial charge on any atom is 0.251 e. The molecule has 130 valence electrons. The van der Waals surface area contributed by atoms with E-state index in [1.807, 2.05) is 4.90 Å². The van der Waals surface area contributed by atoms with Gasteiger partial charge in [-0.05, 0) is 32.1 Å². The lowest BCUT2D eigenvalue weighted by Crippen LogP contribution is -2.52. The zero-order valence-electron chi connectivity index (χ0n) is 13.8. The van der Waals surface area contributed by atoms with Crippen LogP contribution in [0.1, 0.15) is 32.1 Å². The van der Waals surface area contributed by atoms with Crippen molar-refractivity contribution in [2.75, 3.05) is 46.1 Å². The second kappa shape index (κ2) is 7.05. The Morgan fingerprint density at radius 1 is 0.826 bits per heavy atom. The summed E-state index contributed by atoms with van der Waals surface area (Å²) in [7, 11) is 0. The highest BCUT2D eigenvalue weighted by Crippen LogP contribution is 2.35. The molecule has 4 rings (SSSR count). The van der Waals surface area contributed by atoms with E-state index in [4.69, 9.17) is 14.2 Å². The van der Waals surface area contributed by atoms with E-state index in [1.165, 1.54) is 0 Å². The molecule has 0 N–H and O–H groups in total. The van der Waals surface area contributed by atoms with Gasteiger partial charge < -0.3 is 19.1 Å². The predicted molar refractivity (Wildman–Crippen MR) is 84.2 cm³/mol. The van der Waals surface area contributed by atoms with Crippen molar-refractivity contribution < 1.29 is 19.0 Å². The first kappa shape index (κ1) is 15.8. The minimum atomic E-state index is -0.232. The topological polar surface area (TPSA) is 51.2 Å². The maximum absolute atomic E-state index is 12.6. The molecule has 0 bridgehead atoms. The highest BCUT2D eigenvalue weighted by Gasteiger charge is 2.44. The molecular weight excluding hydrogens is 296 g/mol. The summed E-state index contributed by atoms with van der Waals surface area (Å²) in [5.41, 5.74) is 0. The molecule has 0 aliphatic carbocycles. The van der Waals surface area contributed by atoms with Crippen molar-refractivity contribution in [3.8, 4) is 0 Å². The molecule has 0 spiro atoms. The van der Waals surface area contributed by atoms with Crippen LogP contribution < -0.4 is 0 Å². The van der Waals surface area contributed by atoms with Gasteiger partial charge in [0.15, 0.2) is 0 Å². The van der Waals surface area contributed by atoms with Gasteiger partial charge in [-0.15, -0.1) is 0 Å². The Labute approximate surface area is 138 Å². The number of hydrogen-bond acceptors (Lipinski definition) is 5. The zero-order chi connectivity index (χ0) is 15.6. The Balaban J connectivity index is 1.34. The first-order chi connectivity index (χ1) is 11.3. The first-order valence-corrected chi connectivity index (χ1v) is 9.18. The number of fused-ring (bicyclic) bond motifs is 1. The Kier molecular flexibility index (Phi) is 4.85. The fraction of sp³-hybridized carbons (Fsp3) is 0.941. The molecule has 4 saturated heterocycles. The van der Waals surface area contributed by atoms with Gasteiger partial charge in [0.1, 0.15) is 6.10 Å². The summed E-state index contributed by atoms with van der Waals surface area (Å²) in [4.78, 5) is 17.2. The summed E-state index contributed by atoms with van der Waals surface area (Å²) in [6, 6.07) is 1.15. The van der Waals surface area contributed by atoms with Crippen LogP contribution in [0.4, 0.5) is 0 Å². The molecule has 0 unspecified atom stereocenters. The monoisotopic (exact) mass is 324 g/mol. The molecule has 3 atom stereocenters. The molecule has 6 heteroatoms. The van der Waals surface area contributed by atoms with E-state index in [2.05, 4.69) is 4.90 Å². The number of carbonyl (C=O) groups excluding carboxylic acids is 1. The van der Waals surface area contributed by atoms with E-state index in [-0.39, 0.29) is 18.1 Å². The van der Waals surface area contributed by atoms with Crippen LogP contribution in [0.15, 0.2) is 0 Å². The van der Waals surface area contributed by atoms with Crippen molar-refractivity contribution >= 4 is 5.91 Å². The second-order valence-corrected chi connectivity index (χ2v) is 7.12. The third-order valence-electron chi connectivity index (χ3n) is 5.85. The molecule has 4 heterocycles. The molecule has 1 amide bonds. The van der Waals surface area contributed by atoms with E-state index in [0.29, 0.717) is 38.4 Å². The van der Waals surface area contributed by atoms with Crippen LogP contribution in [0.5, 0.6) is 0 Å². The summed E-state index contributed by atoms with van der Waals surface area (Å²) >= 11 is 0. The summed E-state index contributed by atoms with van der Waals surface area (Å²) in [6.45, 7) is 5.61. The van der Waals surface area contributed by atoms with Crippen molar-refractivity contribution in [2.45, 2.75) is 56.4 Å². The number of carbonyl (C=O) groups is 1. The van der Waals surface area contributed by atoms with Crippen LogP contribution in [0.3, 0.4) is 0 Å². The van der Waals surface area contributed by atoms with Crippen LogP contribution in [0.25, 0.3) is 0 Å². The number of rotatable bonds is 2. The minimum absolute atomic E-state index is 0.177. The number of amides is 1. The quantitative estimate of drug-likeness (QED) is 0.746. The van der Waals surface area contributed by atoms with Crippen molar-refractivity contribution in [1.82, 2.24) is 9.80 Å². The standard InChI is InChI=1S/C17H28N2O4/c20-17(18-7-11-22-12-8-18)16-2-1-14-15(23-16)3-6-19(14)13-4-9-21-10-5-13/h13-16H,1-12H2/t14-,15-,16+/m1/s1. The van der Waals surface area contributed by atoms with E-state index in [9.17, 15) is 4.79 Å². The van der Waals surface area contributed by atoms with Crippen LogP contribution in [-0.2, 0) is 19.0 Å². The highest BCUT2D eigenvalue weighted by molar-refractivity contribution is 5.81. The van der Waals surface area contributed by atoms with Gasteiger partial charge >= 0.3 is 0 Å². The highest BCUT2D eigenvalue weighted by atomic mass is 16.5. The molecular formula is C17H28N2O4. The van der Waals surface area contributed by atoms with E-state index in [0.717, 1.165) is 51.9 Å². The molecule has 0 aromatic rings. The van der Waals surface area contributed by atoms with Gasteiger partial charge in [0.25, 0.3) is 5.91 Å². The molecule has 0 saturated carbocycles. The van der Waals surface area contributed by atoms with Crippen LogP contribution in [0, 0.1) is 0 Å². The third kappa shape index (κ3) is 3.27. The lowest BCUT2D eigenvalue weighted by molar-refractivity contribution is -0.159. The first-order valence-electron chi connectivity index (χ1n) is 9.18. The number of likely N-dealkylation sites (tertiary alicyclic amines) is 1. The average molecular weight is 324 g/mol. The zero-order valence-corrected chi connectivity index (χ0v) is 13.8. The molecule has 4 aliphatic rings. The number of morpholine rings is 1. The molecule has 0 aromatic heterocycles. The Hall–Kier alpha value is -0.690. The van der Waals surface area contributed by atoms with E-state index in [1.54, 1.807) is 0 Å². The smallest absolute Gasteiger partial charge is 0.251 e. The SMILES string of the molecule is O=C([C@@H]1CC[C@@H]2[C@@H](CCN2C2CCOCC2)O1)N1CCOCC1. The molecule has 0 radical (unpaired) electrons. The minimum Gasteiger partial charge on any atom is -0.381 e. The Morgan fingerprint density at radius 3 is 2.35 bits per heavy atom. The van der Waals surface area contributed by atoms with Crippen LogP contribution >= 0.6 is 0 Å². The van der Waals surface area contributed by atoms with Crippen LogP contribution in [0.2, 0.25) is 0 Å². The van der Waals surface area contributed by atoms with Gasteiger partial charge in [-0.2, -0.15) is 0 Å². The van der Waals surface area contributed by atoms with Crippen molar-refractivity contribution in [1.29, 1.82) is 0 Å². The van der Waals surface area contributed by atoms with Gasteiger partial charge in [0.2, 0.25) is 0 Å². The summed E-state index contributed by atoms with van der Waals surface area (Å²) in [6.07, 6.45) is 5.29. The third-order valence-corrected chi connectivity index (χ3v) is 5.85. The van der Waals surface area contributed by atoms with Crippen molar-refractivity contribution in [3.63, 3.8) is 0 Å². The van der Waals surface area contributed by atoms with Gasteiger partial charge in [0, 0.05) is 44.9 Å². The lowest BCUT2D eigenvalue weighted by Gasteiger charge is -2.41. The van der Waals surface area contributed by atoms with Gasteiger partial charge in [-0.1, -0.05) is 0 Å². The second-order valence-electron chi connectivity index (χ2n) is 7.12. The Bertz CT molecular complexity index is 421. The van der Waals surface area contributed by atoms with E-state index >= 15 is 0 Å². The molecule has 6 nitrogen and oxygen atoms in total. The van der Waals surface area contributed by atoms with E-state index < -0.39 is 0 Å². The number of nitrogens with zero attached hydrogens (tertiary/aromatic N) is 2. The molecule has 0 aromatic carbocycles. The average Bonchev–Trinajstić information content (AvgIpc) is 3.06. The number of ether oxygens (including phenoxy) is 3. The molecule has 4 fully saturated rings. The molecule has 23 heavy (non-hydrogen) atoms. The summed E-state index contributed by atoms with van der Waals surface area (Å²) < 4.78 is 17.1. The van der Waals surface area contributed by atoms with Gasteiger partial charge in [0.05, 0.1) is 19.3 Å². The fourth-order valence-corrected chi connectivity index (χ4v) is 4.60. The number of hydrogen-bond donors (Lipinski definition) is 0. The van der Waals surface area contributed by atoms with Crippen molar-refractivity contribution in [2.24, 2.45) is 0 Å². The summed E-state index contributed by atoms with van der Waals surface area (Å²) in [5.74, 6) is 0.177. The Morgan fingerprint density at radius 2 is 1.57 bits per heavy atom. The predicted octanol–water partition coefficient (Wildman–Crippen LogP) is 0.646. The van der Waals surface area contributed by atoms with Crippen LogP contribution in [-0.4, -0.2) is 86.1 Å². The lowest BCUT2D eigenvalue weighted by atomic mass is 9.96. The largest absolute Gasteiger partial charge is 0.381 e. The molecule has 4 aliphatic heterocycles. The fourth-order valence-electron chi connectivity index (χ4n) is 4.60. The van der Waals surface area contributed by atoms with Crippen molar-refractivity contribution in [3.05, 3.63) is 0 Å². The normalized spacial score (nSPS) is 36.9. The van der Waals surface area contributed by atoms with Gasteiger partial charge in [-0.25, -0.2) is 0 Å². The maximum atomic E-state index is 12.6.